The normalized spacial score (nSPS) is 13.6. The van der Waals surface area contributed by atoms with Crippen molar-refractivity contribution in [2.24, 2.45) is 0 Å². The van der Waals surface area contributed by atoms with Crippen LogP contribution in [-0.2, 0) is 15.9 Å². The topological polar surface area (TPSA) is 44.8 Å². The third kappa shape index (κ3) is 3.78. The molecule has 0 N–H and O–H groups in total. The summed E-state index contributed by atoms with van der Waals surface area (Å²) in [6.45, 7) is 2.47. The maximum Gasteiger partial charge on any atom is 0.163 e. The Hall–Kier alpha value is -1.39. The first-order chi connectivity index (χ1) is 9.33. The van der Waals surface area contributed by atoms with Crippen molar-refractivity contribution in [1.29, 1.82) is 0 Å². The summed E-state index contributed by atoms with van der Waals surface area (Å²) >= 11 is 0. The molecule has 1 aromatic rings. The van der Waals surface area contributed by atoms with Gasteiger partial charge in [0.15, 0.2) is 5.78 Å². The van der Waals surface area contributed by atoms with Crippen LogP contribution in [0, 0.1) is 0 Å². The van der Waals surface area contributed by atoms with Crippen LogP contribution in [0.15, 0.2) is 18.2 Å². The van der Waals surface area contributed by atoms with Gasteiger partial charge < -0.3 is 14.2 Å². The summed E-state index contributed by atoms with van der Waals surface area (Å²) in [5.74, 6) is 1.04. The molecule has 2 rings (SSSR count). The van der Waals surface area contributed by atoms with Gasteiger partial charge in [-0.2, -0.15) is 0 Å². The minimum atomic E-state index is 0.219. The molecule has 0 saturated carbocycles. The summed E-state index contributed by atoms with van der Waals surface area (Å²) in [7, 11) is 1.68. The Labute approximate surface area is 113 Å². The molecule has 0 bridgehead atoms. The molecule has 4 heteroatoms. The van der Waals surface area contributed by atoms with E-state index in [2.05, 4.69) is 0 Å². The van der Waals surface area contributed by atoms with Crippen molar-refractivity contribution in [1.82, 2.24) is 0 Å². The van der Waals surface area contributed by atoms with Crippen LogP contribution >= 0.6 is 0 Å². The highest BCUT2D eigenvalue weighted by Gasteiger charge is 2.22. The number of benzene rings is 1. The van der Waals surface area contributed by atoms with Gasteiger partial charge in [0.25, 0.3) is 0 Å². The van der Waals surface area contributed by atoms with E-state index < -0.39 is 0 Å². The molecule has 0 unspecified atom stereocenters. The van der Waals surface area contributed by atoms with Crippen molar-refractivity contribution in [2.75, 3.05) is 33.5 Å². The number of fused-ring (bicyclic) bond motifs is 1. The third-order valence-electron chi connectivity index (χ3n) is 3.16. The molecule has 0 spiro atoms. The highest BCUT2D eigenvalue weighted by atomic mass is 16.5. The number of carbonyl (C=O) groups is 1. The summed E-state index contributed by atoms with van der Waals surface area (Å²) in [5.41, 5.74) is 1.87. The molecule has 1 aliphatic rings. The van der Waals surface area contributed by atoms with Crippen molar-refractivity contribution in [3.05, 3.63) is 29.3 Å². The second-order valence-corrected chi connectivity index (χ2v) is 4.51. The molecule has 0 heterocycles. The van der Waals surface area contributed by atoms with Crippen LogP contribution in [0.1, 0.15) is 28.8 Å². The quantitative estimate of drug-likeness (QED) is 0.675. The first-order valence-electron chi connectivity index (χ1n) is 6.67. The van der Waals surface area contributed by atoms with Crippen LogP contribution < -0.4 is 4.74 Å². The molecule has 0 saturated heterocycles. The number of Topliss-reactive ketones (excluding diaryl/α,β-unsaturated/α-hetero) is 1. The molecule has 0 aromatic heterocycles. The summed E-state index contributed by atoms with van der Waals surface area (Å²) in [6.07, 6.45) is 2.29. The van der Waals surface area contributed by atoms with Crippen LogP contribution in [0.5, 0.6) is 5.75 Å². The van der Waals surface area contributed by atoms with Gasteiger partial charge in [-0.15, -0.1) is 0 Å². The summed E-state index contributed by atoms with van der Waals surface area (Å²) in [4.78, 5) is 11.6. The Bertz CT molecular complexity index is 428. The van der Waals surface area contributed by atoms with E-state index in [0.29, 0.717) is 26.2 Å². The number of methoxy groups -OCH3 is 1. The van der Waals surface area contributed by atoms with Crippen molar-refractivity contribution in [3.8, 4) is 5.75 Å². The van der Waals surface area contributed by atoms with Crippen LogP contribution in [-0.4, -0.2) is 39.3 Å². The second kappa shape index (κ2) is 7.26. The summed E-state index contributed by atoms with van der Waals surface area (Å²) in [6, 6.07) is 5.66. The number of ether oxygens (including phenoxy) is 3. The fraction of sp³-hybridized carbons (Fsp3) is 0.533. The standard InChI is InChI=1S/C15H20O4/c1-17-8-3-9-18-10-11-19-15-5-2-4-12-13(15)6-7-14(12)16/h2,4-5H,3,6-11H2,1H3. The van der Waals surface area contributed by atoms with Crippen LogP contribution in [0.25, 0.3) is 0 Å². The zero-order valence-electron chi connectivity index (χ0n) is 11.3. The SMILES string of the molecule is COCCCOCCOc1cccc2c1CCC2=O. The smallest absolute Gasteiger partial charge is 0.163 e. The number of rotatable bonds is 8. The lowest BCUT2D eigenvalue weighted by molar-refractivity contribution is 0.0804. The monoisotopic (exact) mass is 264 g/mol. The number of carbonyl (C=O) groups excluding carboxylic acids is 1. The first-order valence-corrected chi connectivity index (χ1v) is 6.67. The van der Waals surface area contributed by atoms with Gasteiger partial charge in [0.05, 0.1) is 6.61 Å². The maximum atomic E-state index is 11.6. The lowest BCUT2D eigenvalue weighted by Crippen LogP contribution is -2.09. The third-order valence-corrected chi connectivity index (χ3v) is 3.16. The molecule has 0 radical (unpaired) electrons. The fourth-order valence-corrected chi connectivity index (χ4v) is 2.21. The van der Waals surface area contributed by atoms with E-state index >= 15 is 0 Å². The molecule has 1 aromatic carbocycles. The average Bonchev–Trinajstić information content (AvgIpc) is 2.81. The molecule has 0 atom stereocenters. The maximum absolute atomic E-state index is 11.6. The first kappa shape index (κ1) is 14.0. The van der Waals surface area contributed by atoms with Crippen LogP contribution in [0.2, 0.25) is 0 Å². The van der Waals surface area contributed by atoms with Crippen LogP contribution in [0.4, 0.5) is 0 Å². The lowest BCUT2D eigenvalue weighted by atomic mass is 10.1. The van der Waals surface area contributed by atoms with Crippen molar-refractivity contribution >= 4 is 5.78 Å². The van der Waals surface area contributed by atoms with Crippen molar-refractivity contribution in [3.63, 3.8) is 0 Å². The Morgan fingerprint density at radius 1 is 1.11 bits per heavy atom. The van der Waals surface area contributed by atoms with Crippen LogP contribution in [0.3, 0.4) is 0 Å². The van der Waals surface area contributed by atoms with Crippen molar-refractivity contribution < 1.29 is 19.0 Å². The molecule has 0 aliphatic heterocycles. The van der Waals surface area contributed by atoms with E-state index in [0.717, 1.165) is 36.3 Å². The number of hydrogen-bond donors (Lipinski definition) is 0. The molecule has 19 heavy (non-hydrogen) atoms. The van der Waals surface area contributed by atoms with E-state index in [9.17, 15) is 4.79 Å². The van der Waals surface area contributed by atoms with Crippen molar-refractivity contribution in [2.45, 2.75) is 19.3 Å². The molecule has 0 amide bonds. The molecule has 4 nitrogen and oxygen atoms in total. The Balaban J connectivity index is 1.74. The molecule has 1 aliphatic carbocycles. The Morgan fingerprint density at radius 2 is 2.00 bits per heavy atom. The van der Waals surface area contributed by atoms with Gasteiger partial charge in [0.1, 0.15) is 12.4 Å². The summed E-state index contributed by atoms with van der Waals surface area (Å²) in [5, 5.41) is 0. The zero-order valence-corrected chi connectivity index (χ0v) is 11.3. The summed E-state index contributed by atoms with van der Waals surface area (Å²) < 4.78 is 16.1. The van der Waals surface area contributed by atoms with Gasteiger partial charge in [-0.25, -0.2) is 0 Å². The van der Waals surface area contributed by atoms with Gasteiger partial charge >= 0.3 is 0 Å². The van der Waals surface area contributed by atoms with E-state index in [4.69, 9.17) is 14.2 Å². The van der Waals surface area contributed by atoms with Gasteiger partial charge in [0, 0.05) is 37.9 Å². The highest BCUT2D eigenvalue weighted by molar-refractivity contribution is 6.01. The van der Waals surface area contributed by atoms with Gasteiger partial charge in [-0.1, -0.05) is 12.1 Å². The number of hydrogen-bond acceptors (Lipinski definition) is 4. The predicted molar refractivity (Wildman–Crippen MR) is 71.9 cm³/mol. The fourth-order valence-electron chi connectivity index (χ4n) is 2.21. The molecular weight excluding hydrogens is 244 g/mol. The molecular formula is C15H20O4. The average molecular weight is 264 g/mol. The van der Waals surface area contributed by atoms with E-state index in [-0.39, 0.29) is 5.78 Å². The molecule has 0 fully saturated rings. The lowest BCUT2D eigenvalue weighted by Gasteiger charge is -2.10. The van der Waals surface area contributed by atoms with E-state index in [1.807, 2.05) is 18.2 Å². The van der Waals surface area contributed by atoms with Gasteiger partial charge in [0.2, 0.25) is 0 Å². The highest BCUT2D eigenvalue weighted by Crippen LogP contribution is 2.30. The second-order valence-electron chi connectivity index (χ2n) is 4.51. The Kier molecular flexibility index (Phi) is 5.36. The minimum absolute atomic E-state index is 0.219. The molecule has 104 valence electrons. The zero-order chi connectivity index (χ0) is 13.5. The predicted octanol–water partition coefficient (Wildman–Crippen LogP) is 2.25. The minimum Gasteiger partial charge on any atom is -0.491 e. The van der Waals surface area contributed by atoms with E-state index in [1.54, 1.807) is 7.11 Å². The van der Waals surface area contributed by atoms with Gasteiger partial charge in [-0.05, 0) is 18.9 Å². The Morgan fingerprint density at radius 3 is 2.84 bits per heavy atom. The number of ketones is 1. The van der Waals surface area contributed by atoms with E-state index in [1.165, 1.54) is 0 Å². The largest absolute Gasteiger partial charge is 0.491 e. The van der Waals surface area contributed by atoms with Gasteiger partial charge in [-0.3, -0.25) is 4.79 Å².